The Morgan fingerprint density at radius 3 is 2.57 bits per heavy atom. The maximum atomic E-state index is 15.0. The molecule has 1 aromatic carbocycles. The van der Waals surface area contributed by atoms with E-state index in [-0.39, 0.29) is 45.1 Å². The first-order valence-corrected chi connectivity index (χ1v) is 12.5. The van der Waals surface area contributed by atoms with E-state index in [4.69, 9.17) is 5.73 Å². The van der Waals surface area contributed by atoms with Gasteiger partial charge in [0.1, 0.15) is 29.0 Å². The number of primary amides is 1. The van der Waals surface area contributed by atoms with Gasteiger partial charge in [-0.15, -0.1) is 11.8 Å². The Balaban J connectivity index is 1.81. The summed E-state index contributed by atoms with van der Waals surface area (Å²) in [6.45, 7) is 10.1. The maximum Gasteiger partial charge on any atom is 0.271 e. The zero-order valence-corrected chi connectivity index (χ0v) is 21.9. The van der Waals surface area contributed by atoms with Gasteiger partial charge in [0.05, 0.1) is 23.2 Å². The average Bonchev–Trinajstić information content (AvgIpc) is 3.21. The smallest absolute Gasteiger partial charge is 0.271 e. The summed E-state index contributed by atoms with van der Waals surface area (Å²) in [5.41, 5.74) is 6.72. The number of rotatable bonds is 9. The van der Waals surface area contributed by atoms with Crippen molar-refractivity contribution < 1.29 is 23.5 Å². The van der Waals surface area contributed by atoms with Crippen LogP contribution in [0.25, 0.3) is 4.91 Å². The molecule has 12 heteroatoms. The number of imidazole rings is 1. The highest BCUT2D eigenvalue weighted by atomic mass is 32.2. The first-order chi connectivity index (χ1) is 17.3. The van der Waals surface area contributed by atoms with Gasteiger partial charge in [0.25, 0.3) is 5.91 Å². The monoisotopic (exact) mass is 532 g/mol. The number of benzene rings is 1. The maximum absolute atomic E-state index is 15.0. The van der Waals surface area contributed by atoms with Gasteiger partial charge in [-0.05, 0) is 51.5 Å². The Kier molecular flexibility index (Phi) is 8.54. The van der Waals surface area contributed by atoms with Crippen LogP contribution in [0.15, 0.2) is 41.6 Å². The zero-order valence-electron chi connectivity index (χ0n) is 21.1. The summed E-state index contributed by atoms with van der Waals surface area (Å²) >= 11 is 0.987. The van der Waals surface area contributed by atoms with E-state index < -0.39 is 23.1 Å². The number of halogens is 2. The zero-order chi connectivity index (χ0) is 27.5. The van der Waals surface area contributed by atoms with Gasteiger partial charge in [0.15, 0.2) is 0 Å². The molecule has 0 aliphatic carbocycles. The van der Waals surface area contributed by atoms with E-state index in [9.17, 15) is 23.5 Å². The standard InChI is InChI=1S/C25H30F2N6O3S/c1-13(2)30-24(35)18-11-33-21(31-18)7-6-20(32-33)29-12-37-19(8-14(3)23(28)34)22-16(26)9-15(10-17(22)27)25(4,5)36/h8-11,13,36H,3,6-7,12H2,1-2,4-5H3,(H2,28,34)(H,29,32)(H,30,35)/b19-8-. The van der Waals surface area contributed by atoms with Crippen molar-refractivity contribution in [2.75, 3.05) is 11.3 Å². The van der Waals surface area contributed by atoms with Gasteiger partial charge >= 0.3 is 0 Å². The molecule has 0 saturated heterocycles. The van der Waals surface area contributed by atoms with Gasteiger partial charge in [-0.25, -0.2) is 18.4 Å². The Bertz CT molecular complexity index is 1270. The van der Waals surface area contributed by atoms with E-state index in [0.29, 0.717) is 24.5 Å². The summed E-state index contributed by atoms with van der Waals surface area (Å²) in [6.07, 6.45) is 3.83. The number of amidine groups is 1. The second-order valence-electron chi connectivity index (χ2n) is 9.30. The lowest BCUT2D eigenvalue weighted by Gasteiger charge is -2.20. The van der Waals surface area contributed by atoms with Crippen LogP contribution in [0.5, 0.6) is 0 Å². The third-order valence-electron chi connectivity index (χ3n) is 5.36. The van der Waals surface area contributed by atoms with Gasteiger partial charge in [-0.3, -0.25) is 20.0 Å². The van der Waals surface area contributed by atoms with E-state index in [1.807, 2.05) is 13.8 Å². The number of aromatic nitrogens is 2. The quantitative estimate of drug-likeness (QED) is 0.289. The lowest BCUT2D eigenvalue weighted by atomic mass is 9.96. The predicted octanol–water partition coefficient (Wildman–Crippen LogP) is 3.19. The fraction of sp³-hybridized carbons (Fsp3) is 0.360. The normalized spacial score (nSPS) is 14.9. The van der Waals surface area contributed by atoms with Crippen molar-refractivity contribution in [1.29, 1.82) is 0 Å². The van der Waals surface area contributed by atoms with Crippen LogP contribution in [0.4, 0.5) is 8.78 Å². The number of hydrogen-bond acceptors (Lipinski definition) is 6. The second kappa shape index (κ2) is 11.3. The van der Waals surface area contributed by atoms with Crippen LogP contribution >= 0.6 is 11.8 Å². The molecule has 37 heavy (non-hydrogen) atoms. The molecule has 1 aliphatic heterocycles. The number of amides is 2. The Hall–Kier alpha value is -3.51. The number of hydrogen-bond donors (Lipinski definition) is 4. The van der Waals surface area contributed by atoms with E-state index in [2.05, 4.69) is 27.3 Å². The van der Waals surface area contributed by atoms with E-state index >= 15 is 0 Å². The lowest BCUT2D eigenvalue weighted by Crippen LogP contribution is -2.30. The molecular weight excluding hydrogens is 502 g/mol. The number of carbonyl (C=O) groups excluding carboxylic acids is 2. The van der Waals surface area contributed by atoms with E-state index in [0.717, 1.165) is 23.9 Å². The molecule has 0 spiro atoms. The number of thioether (sulfide) groups is 1. The number of nitrogens with two attached hydrogens (primary N) is 1. The number of aliphatic hydroxyl groups is 1. The Labute approximate surface area is 217 Å². The van der Waals surface area contributed by atoms with Gasteiger partial charge in [0.2, 0.25) is 5.91 Å². The van der Waals surface area contributed by atoms with Crippen molar-refractivity contribution in [3.8, 4) is 0 Å². The third-order valence-corrected chi connectivity index (χ3v) is 6.25. The summed E-state index contributed by atoms with van der Waals surface area (Å²) in [6, 6.07) is 2.06. The topological polar surface area (TPSA) is 135 Å². The van der Waals surface area contributed by atoms with Crippen molar-refractivity contribution in [2.24, 2.45) is 10.7 Å². The first kappa shape index (κ1) is 28.1. The highest BCUT2D eigenvalue weighted by molar-refractivity contribution is 8.08. The predicted molar refractivity (Wildman–Crippen MR) is 140 cm³/mol. The van der Waals surface area contributed by atoms with Gasteiger partial charge < -0.3 is 16.2 Å². The highest BCUT2D eigenvalue weighted by Crippen LogP contribution is 2.35. The van der Waals surface area contributed by atoms with Crippen LogP contribution in [0.2, 0.25) is 0 Å². The molecule has 2 heterocycles. The van der Waals surface area contributed by atoms with Crippen LogP contribution < -0.4 is 16.5 Å². The molecule has 0 unspecified atom stereocenters. The molecule has 3 rings (SSSR count). The third kappa shape index (κ3) is 7.04. The minimum absolute atomic E-state index is 0.0257. The molecule has 9 nitrogen and oxygen atoms in total. The first-order valence-electron chi connectivity index (χ1n) is 11.5. The fourth-order valence-electron chi connectivity index (χ4n) is 3.43. The number of carbonyl (C=O) groups is 2. The molecule has 0 atom stereocenters. The number of aryl methyl sites for hydroxylation is 1. The fourth-order valence-corrected chi connectivity index (χ4v) is 4.36. The van der Waals surface area contributed by atoms with E-state index in [1.54, 1.807) is 10.9 Å². The Morgan fingerprint density at radius 2 is 2.00 bits per heavy atom. The molecule has 198 valence electrons. The molecule has 2 aromatic rings. The van der Waals surface area contributed by atoms with Crippen molar-refractivity contribution in [2.45, 2.75) is 52.2 Å². The molecule has 0 saturated carbocycles. The molecule has 5 N–H and O–H groups in total. The summed E-state index contributed by atoms with van der Waals surface area (Å²) in [7, 11) is 0. The van der Waals surface area contributed by atoms with E-state index in [1.165, 1.54) is 19.9 Å². The van der Waals surface area contributed by atoms with Crippen LogP contribution in [-0.2, 0) is 16.8 Å². The summed E-state index contributed by atoms with van der Waals surface area (Å²) < 4.78 is 31.6. The van der Waals surface area contributed by atoms with Crippen LogP contribution in [0.1, 0.15) is 61.6 Å². The van der Waals surface area contributed by atoms with Gasteiger partial charge in [-0.1, -0.05) is 6.58 Å². The van der Waals surface area contributed by atoms with Crippen molar-refractivity contribution in [3.63, 3.8) is 0 Å². The molecule has 1 aromatic heterocycles. The van der Waals surface area contributed by atoms with Gasteiger partial charge in [-0.2, -0.15) is 0 Å². The van der Waals surface area contributed by atoms with Crippen molar-refractivity contribution in [3.05, 3.63) is 70.8 Å². The Morgan fingerprint density at radius 1 is 1.35 bits per heavy atom. The summed E-state index contributed by atoms with van der Waals surface area (Å²) in [5.74, 6) is -1.63. The summed E-state index contributed by atoms with van der Waals surface area (Å²) in [4.78, 5) is 32.7. The molecule has 1 aliphatic rings. The van der Waals surface area contributed by atoms with Crippen molar-refractivity contribution >= 4 is 34.3 Å². The number of fused-ring (bicyclic) bond motifs is 1. The highest BCUT2D eigenvalue weighted by Gasteiger charge is 2.24. The van der Waals surface area contributed by atoms with Gasteiger partial charge in [0, 0.05) is 29.4 Å². The van der Waals surface area contributed by atoms with Crippen LogP contribution in [0.3, 0.4) is 0 Å². The van der Waals surface area contributed by atoms with Crippen LogP contribution in [0, 0.1) is 11.6 Å². The molecule has 0 bridgehead atoms. The average molecular weight is 533 g/mol. The lowest BCUT2D eigenvalue weighted by molar-refractivity contribution is -0.114. The molecular formula is C25H30F2N6O3S. The molecule has 0 fully saturated rings. The minimum Gasteiger partial charge on any atom is -0.386 e. The number of nitrogens with zero attached hydrogens (tertiary/aromatic N) is 3. The number of aliphatic imine (C=N–C) groups is 1. The minimum atomic E-state index is -1.45. The SMILES string of the molecule is C=C(/C=C(\SC/N=C1/CCc2nc(C(=O)NC(C)C)cn2N1)c1c(F)cc(C(C)(C)O)cc1F)C(N)=O. The molecule has 2 amide bonds. The van der Waals surface area contributed by atoms with Crippen LogP contribution in [-0.4, -0.2) is 44.3 Å². The summed E-state index contributed by atoms with van der Waals surface area (Å²) in [5, 5.41) is 12.9. The largest absolute Gasteiger partial charge is 0.386 e. The van der Waals surface area contributed by atoms with Crippen molar-refractivity contribution in [1.82, 2.24) is 15.0 Å². The second-order valence-corrected chi connectivity index (χ2v) is 10.3. The molecule has 0 radical (unpaired) electrons. The number of nitrogens with one attached hydrogen (secondary N) is 2.